The van der Waals surface area contributed by atoms with Gasteiger partial charge < -0.3 is 19.7 Å². The van der Waals surface area contributed by atoms with Crippen LogP contribution in [0.2, 0.25) is 0 Å². The first kappa shape index (κ1) is 22.3. The SMILES string of the molecule is CNC(=O)C(C)N(Cc1ccccc1C)C(=O)CCc1ccc(OC)c(OC)c1. The molecule has 6 heteroatoms. The Balaban J connectivity index is 2.16. The van der Waals surface area contributed by atoms with E-state index in [0.717, 1.165) is 16.7 Å². The minimum absolute atomic E-state index is 0.0702. The molecule has 29 heavy (non-hydrogen) atoms. The van der Waals surface area contributed by atoms with Gasteiger partial charge in [-0.3, -0.25) is 9.59 Å². The highest BCUT2D eigenvalue weighted by Crippen LogP contribution is 2.28. The van der Waals surface area contributed by atoms with Crippen molar-refractivity contribution in [2.24, 2.45) is 0 Å². The lowest BCUT2D eigenvalue weighted by atomic mass is 10.1. The zero-order valence-corrected chi connectivity index (χ0v) is 17.8. The van der Waals surface area contributed by atoms with E-state index in [0.29, 0.717) is 30.9 Å². The normalized spacial score (nSPS) is 11.5. The third-order valence-electron chi connectivity index (χ3n) is 5.09. The number of hydrogen-bond donors (Lipinski definition) is 1. The molecule has 0 aliphatic heterocycles. The lowest BCUT2D eigenvalue weighted by molar-refractivity contribution is -0.140. The van der Waals surface area contributed by atoms with E-state index in [4.69, 9.17) is 9.47 Å². The van der Waals surface area contributed by atoms with Gasteiger partial charge in [0.1, 0.15) is 6.04 Å². The highest BCUT2D eigenvalue weighted by molar-refractivity contribution is 5.87. The molecule has 0 fully saturated rings. The van der Waals surface area contributed by atoms with Crippen molar-refractivity contribution in [2.75, 3.05) is 21.3 Å². The molecule has 0 radical (unpaired) electrons. The Morgan fingerprint density at radius 1 is 1.07 bits per heavy atom. The van der Waals surface area contributed by atoms with E-state index in [1.54, 1.807) is 33.1 Å². The third-order valence-corrected chi connectivity index (χ3v) is 5.09. The maximum atomic E-state index is 13.1. The summed E-state index contributed by atoms with van der Waals surface area (Å²) in [5.74, 6) is 1.03. The number of rotatable bonds is 9. The molecule has 2 aromatic rings. The summed E-state index contributed by atoms with van der Waals surface area (Å²) in [6, 6.07) is 13.0. The third kappa shape index (κ3) is 5.73. The molecule has 2 amide bonds. The van der Waals surface area contributed by atoms with Crippen molar-refractivity contribution in [3.8, 4) is 11.5 Å². The van der Waals surface area contributed by atoms with Crippen molar-refractivity contribution in [3.05, 3.63) is 59.2 Å². The van der Waals surface area contributed by atoms with Gasteiger partial charge in [-0.1, -0.05) is 30.3 Å². The molecule has 6 nitrogen and oxygen atoms in total. The fraction of sp³-hybridized carbons (Fsp3) is 0.391. The number of nitrogens with one attached hydrogen (secondary N) is 1. The van der Waals surface area contributed by atoms with Gasteiger partial charge >= 0.3 is 0 Å². The molecule has 1 N–H and O–H groups in total. The van der Waals surface area contributed by atoms with E-state index >= 15 is 0 Å². The highest BCUT2D eigenvalue weighted by atomic mass is 16.5. The van der Waals surface area contributed by atoms with E-state index in [9.17, 15) is 9.59 Å². The van der Waals surface area contributed by atoms with Gasteiger partial charge in [-0.15, -0.1) is 0 Å². The summed E-state index contributed by atoms with van der Waals surface area (Å²) in [6.45, 7) is 4.16. The number of ether oxygens (including phenoxy) is 2. The number of amides is 2. The molecule has 0 saturated heterocycles. The minimum Gasteiger partial charge on any atom is -0.493 e. The van der Waals surface area contributed by atoms with E-state index in [1.165, 1.54) is 0 Å². The largest absolute Gasteiger partial charge is 0.493 e. The molecule has 0 bridgehead atoms. The second-order valence-corrected chi connectivity index (χ2v) is 6.93. The molecule has 0 saturated carbocycles. The van der Waals surface area contributed by atoms with Crippen LogP contribution in [-0.4, -0.2) is 44.0 Å². The van der Waals surface area contributed by atoms with Crippen molar-refractivity contribution >= 4 is 11.8 Å². The van der Waals surface area contributed by atoms with Gasteiger partial charge in [0.25, 0.3) is 0 Å². The molecule has 0 aromatic heterocycles. The smallest absolute Gasteiger partial charge is 0.242 e. The van der Waals surface area contributed by atoms with E-state index < -0.39 is 6.04 Å². The monoisotopic (exact) mass is 398 g/mol. The van der Waals surface area contributed by atoms with E-state index in [2.05, 4.69) is 5.32 Å². The molecule has 1 unspecified atom stereocenters. The summed E-state index contributed by atoms with van der Waals surface area (Å²) in [5, 5.41) is 2.64. The number of likely N-dealkylation sites (N-methyl/N-ethyl adjacent to an activating group) is 1. The van der Waals surface area contributed by atoms with E-state index in [-0.39, 0.29) is 11.8 Å². The molecule has 0 spiro atoms. The second kappa shape index (κ2) is 10.5. The van der Waals surface area contributed by atoms with Gasteiger partial charge in [0.2, 0.25) is 11.8 Å². The van der Waals surface area contributed by atoms with Crippen molar-refractivity contribution in [3.63, 3.8) is 0 Å². The molecule has 1 atom stereocenters. The fourth-order valence-corrected chi connectivity index (χ4v) is 3.19. The molecular formula is C23H30N2O4. The maximum absolute atomic E-state index is 13.1. The summed E-state index contributed by atoms with van der Waals surface area (Å²) in [7, 11) is 4.76. The number of carbonyl (C=O) groups excluding carboxylic acids is 2. The quantitative estimate of drug-likeness (QED) is 0.705. The van der Waals surface area contributed by atoms with Crippen LogP contribution >= 0.6 is 0 Å². The van der Waals surface area contributed by atoms with Gasteiger partial charge in [0.05, 0.1) is 14.2 Å². The van der Waals surface area contributed by atoms with Crippen LogP contribution in [0.5, 0.6) is 11.5 Å². The Bertz CT molecular complexity index is 851. The molecular weight excluding hydrogens is 368 g/mol. The van der Waals surface area contributed by atoms with Crippen molar-refractivity contribution in [2.45, 2.75) is 39.3 Å². The molecule has 2 aromatic carbocycles. The highest BCUT2D eigenvalue weighted by Gasteiger charge is 2.25. The van der Waals surface area contributed by atoms with Crippen LogP contribution < -0.4 is 14.8 Å². The fourth-order valence-electron chi connectivity index (χ4n) is 3.19. The first-order valence-electron chi connectivity index (χ1n) is 9.67. The lowest BCUT2D eigenvalue weighted by Gasteiger charge is -2.29. The van der Waals surface area contributed by atoms with Gasteiger partial charge in [-0.25, -0.2) is 0 Å². The Morgan fingerprint density at radius 2 is 1.76 bits per heavy atom. The van der Waals surface area contributed by atoms with Gasteiger partial charge in [-0.2, -0.15) is 0 Å². The average Bonchev–Trinajstić information content (AvgIpc) is 2.75. The van der Waals surface area contributed by atoms with Gasteiger partial charge in [0, 0.05) is 20.0 Å². The van der Waals surface area contributed by atoms with Crippen LogP contribution in [0, 0.1) is 6.92 Å². The molecule has 0 aliphatic carbocycles. The Labute approximate surface area is 172 Å². The molecule has 0 heterocycles. The van der Waals surface area contributed by atoms with Crippen LogP contribution in [0.25, 0.3) is 0 Å². The summed E-state index contributed by atoms with van der Waals surface area (Å²) < 4.78 is 10.6. The predicted octanol–water partition coefficient (Wildman–Crippen LogP) is 3.11. The Kier molecular flexibility index (Phi) is 8.07. The van der Waals surface area contributed by atoms with Crippen molar-refractivity contribution in [1.29, 1.82) is 0 Å². The van der Waals surface area contributed by atoms with Gasteiger partial charge in [0.15, 0.2) is 11.5 Å². The second-order valence-electron chi connectivity index (χ2n) is 6.93. The topological polar surface area (TPSA) is 67.9 Å². The zero-order valence-electron chi connectivity index (χ0n) is 17.8. The van der Waals surface area contributed by atoms with Crippen LogP contribution in [0.15, 0.2) is 42.5 Å². The van der Waals surface area contributed by atoms with Crippen LogP contribution in [0.3, 0.4) is 0 Å². The standard InChI is InChI=1S/C23H30N2O4/c1-16-8-6-7-9-19(16)15-25(17(2)23(27)24-3)22(26)13-11-18-10-12-20(28-4)21(14-18)29-5/h6-10,12,14,17H,11,13,15H2,1-5H3,(H,24,27). The number of benzene rings is 2. The molecule has 156 valence electrons. The maximum Gasteiger partial charge on any atom is 0.242 e. The summed E-state index contributed by atoms with van der Waals surface area (Å²) in [6.07, 6.45) is 0.840. The number of methoxy groups -OCH3 is 2. The Hall–Kier alpha value is -3.02. The molecule has 2 rings (SSSR count). The summed E-state index contributed by atoms with van der Waals surface area (Å²) in [5.41, 5.74) is 3.09. The summed E-state index contributed by atoms with van der Waals surface area (Å²) in [4.78, 5) is 26.9. The summed E-state index contributed by atoms with van der Waals surface area (Å²) >= 11 is 0. The zero-order chi connectivity index (χ0) is 21.4. The first-order valence-corrected chi connectivity index (χ1v) is 9.67. The van der Waals surface area contributed by atoms with Crippen LogP contribution in [-0.2, 0) is 22.6 Å². The van der Waals surface area contributed by atoms with E-state index in [1.807, 2.05) is 49.4 Å². The Morgan fingerprint density at radius 3 is 2.38 bits per heavy atom. The van der Waals surface area contributed by atoms with Crippen molar-refractivity contribution in [1.82, 2.24) is 10.2 Å². The number of aryl methyl sites for hydroxylation is 2. The number of nitrogens with zero attached hydrogens (tertiary/aromatic N) is 1. The van der Waals surface area contributed by atoms with Crippen LogP contribution in [0.1, 0.15) is 30.0 Å². The molecule has 0 aliphatic rings. The predicted molar refractivity (Wildman–Crippen MR) is 113 cm³/mol. The number of hydrogen-bond acceptors (Lipinski definition) is 4. The number of carbonyl (C=O) groups is 2. The first-order chi connectivity index (χ1) is 13.9. The minimum atomic E-state index is -0.558. The van der Waals surface area contributed by atoms with Crippen molar-refractivity contribution < 1.29 is 19.1 Å². The average molecular weight is 399 g/mol. The van der Waals surface area contributed by atoms with Gasteiger partial charge in [-0.05, 0) is 49.1 Å². The lowest BCUT2D eigenvalue weighted by Crippen LogP contribution is -2.46. The van der Waals surface area contributed by atoms with Crippen LogP contribution in [0.4, 0.5) is 0 Å².